The van der Waals surface area contributed by atoms with Gasteiger partial charge in [0.05, 0.1) is 18.6 Å². The summed E-state index contributed by atoms with van der Waals surface area (Å²) < 4.78 is 2.23. The summed E-state index contributed by atoms with van der Waals surface area (Å²) in [5.41, 5.74) is 1.27. The first kappa shape index (κ1) is 12.6. The molecule has 0 radical (unpaired) electrons. The first-order valence-corrected chi connectivity index (χ1v) is 6.69. The van der Waals surface area contributed by atoms with E-state index in [2.05, 4.69) is 21.4 Å². The SMILES string of the molecule is CCCn1cncc1CN(CCO)C1CCC1. The first-order valence-electron chi connectivity index (χ1n) is 6.69. The van der Waals surface area contributed by atoms with Crippen LogP contribution in [0.15, 0.2) is 12.5 Å². The summed E-state index contributed by atoms with van der Waals surface area (Å²) >= 11 is 0. The van der Waals surface area contributed by atoms with E-state index in [1.54, 1.807) is 0 Å². The van der Waals surface area contributed by atoms with Crippen LogP contribution in [-0.2, 0) is 13.1 Å². The second-order valence-corrected chi connectivity index (χ2v) is 4.86. The van der Waals surface area contributed by atoms with E-state index in [0.29, 0.717) is 6.04 Å². The van der Waals surface area contributed by atoms with Crippen molar-refractivity contribution in [3.63, 3.8) is 0 Å². The molecule has 17 heavy (non-hydrogen) atoms. The van der Waals surface area contributed by atoms with E-state index in [1.165, 1.54) is 25.0 Å². The third-order valence-corrected chi connectivity index (χ3v) is 3.61. The van der Waals surface area contributed by atoms with E-state index >= 15 is 0 Å². The maximum atomic E-state index is 9.14. The van der Waals surface area contributed by atoms with Crippen LogP contribution < -0.4 is 0 Å². The Balaban J connectivity index is 1.97. The molecule has 0 amide bonds. The molecule has 1 aromatic heterocycles. The summed E-state index contributed by atoms with van der Waals surface area (Å²) in [6, 6.07) is 0.673. The standard InChI is InChI=1S/C13H23N3O/c1-2-6-16-11-14-9-13(16)10-15(7-8-17)12-4-3-5-12/h9,11-12,17H,2-8,10H2,1H3. The molecule has 1 heterocycles. The van der Waals surface area contributed by atoms with Gasteiger partial charge in [-0.25, -0.2) is 4.98 Å². The van der Waals surface area contributed by atoms with Gasteiger partial charge in [0.1, 0.15) is 0 Å². The lowest BCUT2D eigenvalue weighted by atomic mass is 9.91. The average Bonchev–Trinajstić information content (AvgIpc) is 2.64. The zero-order chi connectivity index (χ0) is 12.1. The number of imidazole rings is 1. The van der Waals surface area contributed by atoms with Crippen molar-refractivity contribution in [2.24, 2.45) is 0 Å². The Kier molecular flexibility index (Phi) is 4.57. The fourth-order valence-electron chi connectivity index (χ4n) is 2.40. The molecule has 1 saturated carbocycles. The predicted molar refractivity (Wildman–Crippen MR) is 67.7 cm³/mol. The molecule has 1 aliphatic rings. The van der Waals surface area contributed by atoms with Crippen molar-refractivity contribution >= 4 is 0 Å². The van der Waals surface area contributed by atoms with Crippen LogP contribution in [0.2, 0.25) is 0 Å². The number of rotatable bonds is 7. The maximum absolute atomic E-state index is 9.14. The smallest absolute Gasteiger partial charge is 0.0948 e. The highest BCUT2D eigenvalue weighted by atomic mass is 16.3. The molecular formula is C13H23N3O. The molecule has 0 aliphatic heterocycles. The minimum absolute atomic E-state index is 0.248. The van der Waals surface area contributed by atoms with Crippen molar-refractivity contribution in [3.05, 3.63) is 18.2 Å². The van der Waals surface area contributed by atoms with E-state index in [-0.39, 0.29) is 6.61 Å². The molecule has 0 aromatic carbocycles. The Labute approximate surface area is 103 Å². The van der Waals surface area contributed by atoms with Gasteiger partial charge in [0.2, 0.25) is 0 Å². The van der Waals surface area contributed by atoms with Gasteiger partial charge in [-0.15, -0.1) is 0 Å². The van der Waals surface area contributed by atoms with Crippen molar-refractivity contribution in [2.45, 2.75) is 51.7 Å². The summed E-state index contributed by atoms with van der Waals surface area (Å²) in [5, 5.41) is 9.14. The summed E-state index contributed by atoms with van der Waals surface area (Å²) in [7, 11) is 0. The van der Waals surface area contributed by atoms with Crippen LogP contribution >= 0.6 is 0 Å². The second-order valence-electron chi connectivity index (χ2n) is 4.86. The van der Waals surface area contributed by atoms with Crippen LogP contribution in [0, 0.1) is 0 Å². The van der Waals surface area contributed by atoms with Gasteiger partial charge in [-0.05, 0) is 19.3 Å². The van der Waals surface area contributed by atoms with E-state index in [1.807, 2.05) is 12.5 Å². The normalized spacial score (nSPS) is 16.4. The maximum Gasteiger partial charge on any atom is 0.0948 e. The van der Waals surface area contributed by atoms with E-state index in [9.17, 15) is 0 Å². The highest BCUT2D eigenvalue weighted by Crippen LogP contribution is 2.25. The fourth-order valence-corrected chi connectivity index (χ4v) is 2.40. The van der Waals surface area contributed by atoms with Gasteiger partial charge in [0.25, 0.3) is 0 Å². The number of hydrogen-bond acceptors (Lipinski definition) is 3. The Hall–Kier alpha value is -0.870. The average molecular weight is 237 g/mol. The van der Waals surface area contributed by atoms with Gasteiger partial charge < -0.3 is 9.67 Å². The molecule has 1 aromatic rings. The molecule has 4 nitrogen and oxygen atoms in total. The summed E-state index contributed by atoms with van der Waals surface area (Å²) in [4.78, 5) is 6.63. The predicted octanol–water partition coefficient (Wildman–Crippen LogP) is 1.64. The van der Waals surface area contributed by atoms with Crippen molar-refractivity contribution < 1.29 is 5.11 Å². The van der Waals surface area contributed by atoms with Crippen LogP contribution in [0.3, 0.4) is 0 Å². The third-order valence-electron chi connectivity index (χ3n) is 3.61. The number of aliphatic hydroxyl groups excluding tert-OH is 1. The van der Waals surface area contributed by atoms with Crippen LogP contribution in [0.1, 0.15) is 38.3 Å². The third kappa shape index (κ3) is 3.07. The Morgan fingerprint density at radius 1 is 1.53 bits per heavy atom. The Bertz CT molecular complexity index is 333. The zero-order valence-corrected chi connectivity index (χ0v) is 10.7. The van der Waals surface area contributed by atoms with Crippen molar-refractivity contribution in [3.8, 4) is 0 Å². The largest absolute Gasteiger partial charge is 0.395 e. The van der Waals surface area contributed by atoms with Gasteiger partial charge in [-0.3, -0.25) is 4.90 Å². The topological polar surface area (TPSA) is 41.3 Å². The lowest BCUT2D eigenvalue weighted by Gasteiger charge is -2.37. The van der Waals surface area contributed by atoms with Crippen molar-refractivity contribution in [1.29, 1.82) is 0 Å². The number of aromatic nitrogens is 2. The molecule has 1 fully saturated rings. The monoisotopic (exact) mass is 237 g/mol. The molecule has 0 spiro atoms. The molecule has 4 heteroatoms. The molecule has 2 rings (SSSR count). The number of aryl methyl sites for hydroxylation is 1. The first-order chi connectivity index (χ1) is 8.35. The van der Waals surface area contributed by atoms with E-state index in [0.717, 1.165) is 26.1 Å². The van der Waals surface area contributed by atoms with Crippen LogP contribution in [-0.4, -0.2) is 38.8 Å². The van der Waals surface area contributed by atoms with Crippen LogP contribution in [0.4, 0.5) is 0 Å². The Morgan fingerprint density at radius 2 is 2.35 bits per heavy atom. The number of hydrogen-bond donors (Lipinski definition) is 1. The molecule has 1 N–H and O–H groups in total. The van der Waals surface area contributed by atoms with Crippen molar-refractivity contribution in [2.75, 3.05) is 13.2 Å². The summed E-state index contributed by atoms with van der Waals surface area (Å²) in [6.07, 6.45) is 8.90. The van der Waals surface area contributed by atoms with E-state index in [4.69, 9.17) is 5.11 Å². The molecular weight excluding hydrogens is 214 g/mol. The van der Waals surface area contributed by atoms with Gasteiger partial charge in [-0.1, -0.05) is 13.3 Å². The van der Waals surface area contributed by atoms with Gasteiger partial charge in [0.15, 0.2) is 0 Å². The Morgan fingerprint density at radius 3 is 2.94 bits per heavy atom. The number of nitrogens with zero attached hydrogens (tertiary/aromatic N) is 3. The zero-order valence-electron chi connectivity index (χ0n) is 10.7. The number of aliphatic hydroxyl groups is 1. The van der Waals surface area contributed by atoms with Crippen LogP contribution in [0.25, 0.3) is 0 Å². The minimum atomic E-state index is 0.248. The van der Waals surface area contributed by atoms with Gasteiger partial charge >= 0.3 is 0 Å². The minimum Gasteiger partial charge on any atom is -0.395 e. The molecule has 0 bridgehead atoms. The summed E-state index contributed by atoms with van der Waals surface area (Å²) in [6.45, 7) is 5.17. The summed E-state index contributed by atoms with van der Waals surface area (Å²) in [5.74, 6) is 0. The molecule has 96 valence electrons. The van der Waals surface area contributed by atoms with Gasteiger partial charge in [-0.2, -0.15) is 0 Å². The molecule has 0 atom stereocenters. The van der Waals surface area contributed by atoms with Crippen molar-refractivity contribution in [1.82, 2.24) is 14.5 Å². The highest BCUT2D eigenvalue weighted by molar-refractivity contribution is 4.99. The lowest BCUT2D eigenvalue weighted by Crippen LogP contribution is -2.41. The van der Waals surface area contributed by atoms with Crippen LogP contribution in [0.5, 0.6) is 0 Å². The highest BCUT2D eigenvalue weighted by Gasteiger charge is 2.25. The fraction of sp³-hybridized carbons (Fsp3) is 0.769. The quantitative estimate of drug-likeness (QED) is 0.784. The van der Waals surface area contributed by atoms with Gasteiger partial charge in [0, 0.05) is 31.9 Å². The molecule has 0 unspecified atom stereocenters. The molecule has 1 aliphatic carbocycles. The van der Waals surface area contributed by atoms with E-state index < -0.39 is 0 Å². The molecule has 0 saturated heterocycles. The lowest BCUT2D eigenvalue weighted by molar-refractivity contribution is 0.0922. The second kappa shape index (κ2) is 6.17.